The van der Waals surface area contributed by atoms with Gasteiger partial charge in [0.1, 0.15) is 17.5 Å². The first-order chi connectivity index (χ1) is 27.7. The number of halogens is 3. The van der Waals surface area contributed by atoms with Gasteiger partial charge in [0.15, 0.2) is 0 Å². The molecule has 58 heavy (non-hydrogen) atoms. The quantitative estimate of drug-likeness (QED) is 0.118. The Hall–Kier alpha value is -5.82. The van der Waals surface area contributed by atoms with Gasteiger partial charge in [-0.05, 0) is 71.8 Å². The van der Waals surface area contributed by atoms with Crippen molar-refractivity contribution in [2.45, 2.75) is 38.7 Å². The largest absolute Gasteiger partial charge is 0.497 e. The molecular weight excluding hydrogens is 748 g/mol. The third kappa shape index (κ3) is 12.1. The van der Waals surface area contributed by atoms with E-state index in [0.29, 0.717) is 62.9 Å². The molecule has 1 heterocycles. The Morgan fingerprint density at radius 1 is 0.759 bits per heavy atom. The lowest BCUT2D eigenvalue weighted by Crippen LogP contribution is -2.51. The molecule has 0 aliphatic carbocycles. The van der Waals surface area contributed by atoms with Crippen molar-refractivity contribution in [1.82, 2.24) is 19.6 Å². The highest BCUT2D eigenvalue weighted by Crippen LogP contribution is 2.29. The van der Waals surface area contributed by atoms with Gasteiger partial charge in [-0.25, -0.2) is 0 Å². The molecule has 0 saturated carbocycles. The van der Waals surface area contributed by atoms with Crippen LogP contribution in [-0.2, 0) is 40.1 Å². The Labute approximate surface area is 339 Å². The summed E-state index contributed by atoms with van der Waals surface area (Å²) in [6.07, 6.45) is -1.47. The Morgan fingerprint density at radius 3 is 1.95 bits per heavy atom. The molecule has 0 aromatic heterocycles. The second kappa shape index (κ2) is 20.0. The number of hydrogen-bond donors (Lipinski definition) is 0. The molecular formula is C45H52F3N5O5. The molecule has 0 spiro atoms. The summed E-state index contributed by atoms with van der Waals surface area (Å²) < 4.78 is 50.6. The molecule has 1 aliphatic rings. The highest BCUT2D eigenvalue weighted by Gasteiger charge is 2.32. The number of hydrogen-bond acceptors (Lipinski definition) is 7. The van der Waals surface area contributed by atoms with Gasteiger partial charge in [-0.2, -0.15) is 13.2 Å². The van der Waals surface area contributed by atoms with Gasteiger partial charge in [0, 0.05) is 90.6 Å². The van der Waals surface area contributed by atoms with Gasteiger partial charge in [0.25, 0.3) is 0 Å². The van der Waals surface area contributed by atoms with Gasteiger partial charge in [0.05, 0.1) is 19.8 Å². The fourth-order valence-corrected chi connectivity index (χ4v) is 6.88. The van der Waals surface area contributed by atoms with Gasteiger partial charge < -0.3 is 34.0 Å². The number of carbonyl (C=O) groups is 3. The smallest absolute Gasteiger partial charge is 0.416 e. The number of methoxy groups -OCH3 is 2. The molecule has 10 nitrogen and oxygen atoms in total. The van der Waals surface area contributed by atoms with Crippen LogP contribution in [0.25, 0.3) is 6.08 Å². The third-order valence-corrected chi connectivity index (χ3v) is 10.3. The molecule has 0 bridgehead atoms. The SMILES string of the molecule is COc1cc(CN(C)CCN(C)C(=O)[C@H](Cc2ccccc2)N(Cc2ccc(N3CCN(C(C)=O)CC3)cc2)C(=O)/C=C/c2ccc(C(F)(F)F)cc2)cc(OC)c1. The second-order valence-corrected chi connectivity index (χ2v) is 14.5. The van der Waals surface area contributed by atoms with Crippen molar-refractivity contribution in [3.8, 4) is 11.5 Å². The van der Waals surface area contributed by atoms with E-state index in [1.165, 1.54) is 24.3 Å². The van der Waals surface area contributed by atoms with E-state index in [9.17, 15) is 27.6 Å². The molecule has 0 N–H and O–H groups in total. The lowest BCUT2D eigenvalue weighted by atomic mass is 10.0. The van der Waals surface area contributed by atoms with Crippen molar-refractivity contribution in [2.75, 3.05) is 72.5 Å². The minimum absolute atomic E-state index is 0.0543. The Kier molecular flexibility index (Phi) is 15.0. The number of amides is 3. The van der Waals surface area contributed by atoms with E-state index in [1.807, 2.05) is 84.7 Å². The number of likely N-dealkylation sites (N-methyl/N-ethyl adjacent to an activating group) is 2. The van der Waals surface area contributed by atoms with Crippen LogP contribution in [0.4, 0.5) is 18.9 Å². The van der Waals surface area contributed by atoms with Crippen molar-refractivity contribution in [2.24, 2.45) is 0 Å². The number of alkyl halides is 3. The second-order valence-electron chi connectivity index (χ2n) is 14.5. The lowest BCUT2D eigenvalue weighted by molar-refractivity contribution is -0.143. The summed E-state index contributed by atoms with van der Waals surface area (Å²) >= 11 is 0. The first-order valence-electron chi connectivity index (χ1n) is 19.2. The zero-order valence-electron chi connectivity index (χ0n) is 33.7. The molecule has 1 fully saturated rings. The minimum atomic E-state index is -4.48. The van der Waals surface area contributed by atoms with Crippen molar-refractivity contribution in [3.63, 3.8) is 0 Å². The van der Waals surface area contributed by atoms with Crippen LogP contribution in [0.1, 0.15) is 34.7 Å². The first kappa shape index (κ1) is 43.3. The van der Waals surface area contributed by atoms with Gasteiger partial charge in [-0.1, -0.05) is 54.6 Å². The maximum Gasteiger partial charge on any atom is 0.416 e. The van der Waals surface area contributed by atoms with Crippen molar-refractivity contribution in [1.29, 1.82) is 0 Å². The normalized spacial score (nSPS) is 13.7. The maximum atomic E-state index is 14.6. The van der Waals surface area contributed by atoms with E-state index < -0.39 is 23.7 Å². The number of ether oxygens (including phenoxy) is 2. The molecule has 4 aromatic rings. The molecule has 5 rings (SSSR count). The Balaban J connectivity index is 1.40. The Morgan fingerprint density at radius 2 is 1.38 bits per heavy atom. The molecule has 1 saturated heterocycles. The van der Waals surface area contributed by atoms with Gasteiger partial charge in [-0.3, -0.25) is 14.4 Å². The summed E-state index contributed by atoms with van der Waals surface area (Å²) in [5.74, 6) is 0.697. The molecule has 0 unspecified atom stereocenters. The van der Waals surface area contributed by atoms with Crippen LogP contribution in [0.15, 0.2) is 103 Å². The van der Waals surface area contributed by atoms with Crippen LogP contribution in [0, 0.1) is 0 Å². The average molecular weight is 800 g/mol. The van der Waals surface area contributed by atoms with Crippen LogP contribution in [0.5, 0.6) is 11.5 Å². The van der Waals surface area contributed by atoms with Crippen molar-refractivity contribution in [3.05, 3.63) is 131 Å². The Bertz CT molecular complexity index is 1980. The van der Waals surface area contributed by atoms with E-state index >= 15 is 0 Å². The number of nitrogens with zero attached hydrogens (tertiary/aromatic N) is 5. The zero-order valence-corrected chi connectivity index (χ0v) is 33.7. The monoisotopic (exact) mass is 799 g/mol. The maximum absolute atomic E-state index is 14.6. The predicted molar refractivity (Wildman–Crippen MR) is 219 cm³/mol. The van der Waals surface area contributed by atoms with Crippen LogP contribution in [-0.4, -0.2) is 111 Å². The summed E-state index contributed by atoms with van der Waals surface area (Å²) in [6, 6.07) is 26.6. The molecule has 4 aromatic carbocycles. The number of benzene rings is 4. The average Bonchev–Trinajstić information content (AvgIpc) is 3.23. The third-order valence-electron chi connectivity index (χ3n) is 10.3. The number of anilines is 1. The van der Waals surface area contributed by atoms with Crippen LogP contribution in [0.2, 0.25) is 0 Å². The van der Waals surface area contributed by atoms with E-state index in [-0.39, 0.29) is 24.8 Å². The van der Waals surface area contributed by atoms with E-state index in [1.54, 1.807) is 38.0 Å². The zero-order chi connectivity index (χ0) is 41.8. The summed E-state index contributed by atoms with van der Waals surface area (Å²) in [5, 5.41) is 0. The number of rotatable bonds is 16. The summed E-state index contributed by atoms with van der Waals surface area (Å²) in [7, 11) is 6.89. The van der Waals surface area contributed by atoms with E-state index in [4.69, 9.17) is 9.47 Å². The van der Waals surface area contributed by atoms with Crippen molar-refractivity contribution < 1.29 is 37.0 Å². The summed E-state index contributed by atoms with van der Waals surface area (Å²) in [4.78, 5) is 50.0. The molecule has 1 aliphatic heterocycles. The molecule has 308 valence electrons. The molecule has 0 radical (unpaired) electrons. The number of piperazine rings is 1. The van der Waals surface area contributed by atoms with Gasteiger partial charge >= 0.3 is 6.18 Å². The highest BCUT2D eigenvalue weighted by molar-refractivity contribution is 5.95. The first-order valence-corrected chi connectivity index (χ1v) is 19.2. The lowest BCUT2D eigenvalue weighted by Gasteiger charge is -2.36. The van der Waals surface area contributed by atoms with Crippen LogP contribution in [0.3, 0.4) is 0 Å². The summed E-state index contributed by atoms with van der Waals surface area (Å²) in [6.45, 7) is 5.81. The highest BCUT2D eigenvalue weighted by atomic mass is 19.4. The fraction of sp³-hybridized carbons (Fsp3) is 0.356. The van der Waals surface area contributed by atoms with Crippen LogP contribution >= 0.6 is 0 Å². The molecule has 3 amide bonds. The molecule has 1 atom stereocenters. The number of carbonyl (C=O) groups excluding carboxylic acids is 3. The standard InChI is InChI=1S/C45H52F3N5O5/c1-33(54)51-23-25-52(26-24-51)39-18-13-36(14-19-39)32-53(43(55)20-15-34-11-16-38(17-12-34)45(46,47)48)42(29-35-9-7-6-8-10-35)44(56)50(3)22-21-49(2)31-37-27-40(57-4)30-41(28-37)58-5/h6-20,27-28,30,42H,21-26,29,31-32H2,1-5H3/b20-15+/t42-/m0/s1. The minimum Gasteiger partial charge on any atom is -0.497 e. The van der Waals surface area contributed by atoms with Crippen molar-refractivity contribution >= 4 is 29.5 Å². The topological polar surface area (TPSA) is 85.9 Å². The van der Waals surface area contributed by atoms with E-state index in [0.717, 1.165) is 34.5 Å². The summed E-state index contributed by atoms with van der Waals surface area (Å²) in [5.41, 5.74) is 3.26. The van der Waals surface area contributed by atoms with Gasteiger partial charge in [-0.15, -0.1) is 0 Å². The molecule has 13 heteroatoms. The van der Waals surface area contributed by atoms with E-state index in [2.05, 4.69) is 9.80 Å². The predicted octanol–water partition coefficient (Wildman–Crippen LogP) is 6.63. The fourth-order valence-electron chi connectivity index (χ4n) is 6.88. The van der Waals surface area contributed by atoms with Gasteiger partial charge in [0.2, 0.25) is 17.7 Å². The van der Waals surface area contributed by atoms with Crippen LogP contribution < -0.4 is 14.4 Å².